The zero-order valence-corrected chi connectivity index (χ0v) is 12.8. The summed E-state index contributed by atoms with van der Waals surface area (Å²) in [5, 5.41) is 19.0. The number of rotatable bonds is 5. The molecule has 1 aromatic heterocycles. The lowest BCUT2D eigenvalue weighted by Crippen LogP contribution is -2.47. The highest BCUT2D eigenvalue weighted by molar-refractivity contribution is 7.07. The Kier molecular flexibility index (Phi) is 6.04. The molecule has 1 aliphatic carbocycles. The van der Waals surface area contributed by atoms with Crippen LogP contribution < -0.4 is 10.6 Å². The third-order valence-electron chi connectivity index (χ3n) is 3.93. The maximum Gasteiger partial charge on any atom is 0.315 e. The van der Waals surface area contributed by atoms with Gasteiger partial charge in [-0.3, -0.25) is 4.79 Å². The molecule has 2 unspecified atom stereocenters. The molecule has 0 saturated heterocycles. The predicted molar refractivity (Wildman–Crippen MR) is 82.6 cm³/mol. The molecular weight excluding hydrogens is 288 g/mol. The third kappa shape index (κ3) is 5.04. The molecule has 116 valence electrons. The van der Waals surface area contributed by atoms with Crippen LogP contribution in [0.25, 0.3) is 0 Å². The number of urea groups is 1. The van der Waals surface area contributed by atoms with Crippen LogP contribution in [-0.2, 0) is 11.2 Å². The summed E-state index contributed by atoms with van der Waals surface area (Å²) in [6.07, 6.45) is 5.13. The van der Waals surface area contributed by atoms with Crippen LogP contribution in [0.2, 0.25) is 0 Å². The van der Waals surface area contributed by atoms with E-state index in [1.54, 1.807) is 11.3 Å². The Labute approximate surface area is 128 Å². The summed E-state index contributed by atoms with van der Waals surface area (Å²) in [4.78, 5) is 23.2. The van der Waals surface area contributed by atoms with Crippen LogP contribution in [0.1, 0.15) is 37.7 Å². The van der Waals surface area contributed by atoms with Gasteiger partial charge in [0.15, 0.2) is 0 Å². The molecule has 1 fully saturated rings. The van der Waals surface area contributed by atoms with Gasteiger partial charge in [-0.15, -0.1) is 0 Å². The van der Waals surface area contributed by atoms with Gasteiger partial charge in [0, 0.05) is 12.6 Å². The minimum absolute atomic E-state index is 0.258. The van der Waals surface area contributed by atoms with E-state index in [1.165, 1.54) is 5.56 Å². The minimum Gasteiger partial charge on any atom is -0.481 e. The van der Waals surface area contributed by atoms with Crippen LogP contribution in [0.15, 0.2) is 16.8 Å². The zero-order valence-electron chi connectivity index (χ0n) is 12.0. The van der Waals surface area contributed by atoms with Crippen LogP contribution >= 0.6 is 11.3 Å². The van der Waals surface area contributed by atoms with Gasteiger partial charge in [0.25, 0.3) is 0 Å². The summed E-state index contributed by atoms with van der Waals surface area (Å²) in [6.45, 7) is 0.563. The van der Waals surface area contributed by atoms with Crippen molar-refractivity contribution in [2.45, 2.75) is 44.6 Å². The van der Waals surface area contributed by atoms with E-state index in [4.69, 9.17) is 0 Å². The fourth-order valence-electron chi connectivity index (χ4n) is 2.75. The molecule has 6 heteroatoms. The zero-order chi connectivity index (χ0) is 15.1. The molecule has 0 bridgehead atoms. The molecule has 2 rings (SSSR count). The van der Waals surface area contributed by atoms with E-state index in [2.05, 4.69) is 16.0 Å². The van der Waals surface area contributed by atoms with Crippen molar-refractivity contribution in [1.29, 1.82) is 0 Å². The van der Waals surface area contributed by atoms with E-state index in [0.29, 0.717) is 13.0 Å². The second kappa shape index (κ2) is 8.02. The maximum atomic E-state index is 11.9. The SMILES string of the molecule is O=C(NCCc1ccsc1)NC1CCCCCC1C(=O)O. The average molecular weight is 310 g/mol. The van der Waals surface area contributed by atoms with Crippen LogP contribution in [0, 0.1) is 5.92 Å². The smallest absolute Gasteiger partial charge is 0.315 e. The predicted octanol–water partition coefficient (Wildman–Crippen LogP) is 2.62. The van der Waals surface area contributed by atoms with Crippen molar-refractivity contribution < 1.29 is 14.7 Å². The number of carboxylic acids is 1. The number of carbonyl (C=O) groups is 2. The first-order chi connectivity index (χ1) is 10.2. The summed E-state index contributed by atoms with van der Waals surface area (Å²) >= 11 is 1.64. The lowest BCUT2D eigenvalue weighted by Gasteiger charge is -2.23. The third-order valence-corrected chi connectivity index (χ3v) is 4.66. The van der Waals surface area contributed by atoms with E-state index in [0.717, 1.165) is 32.1 Å². The fraction of sp³-hybridized carbons (Fsp3) is 0.600. The summed E-state index contributed by atoms with van der Waals surface area (Å²) in [5.41, 5.74) is 1.21. The quantitative estimate of drug-likeness (QED) is 0.732. The van der Waals surface area contributed by atoms with Crippen LogP contribution in [-0.4, -0.2) is 29.7 Å². The lowest BCUT2D eigenvalue weighted by molar-refractivity contribution is -0.142. The number of amides is 2. The number of carbonyl (C=O) groups excluding carboxylic acids is 1. The molecule has 0 aromatic carbocycles. The van der Waals surface area contributed by atoms with Gasteiger partial charge in [-0.05, 0) is 41.7 Å². The Morgan fingerprint density at radius 3 is 2.81 bits per heavy atom. The highest BCUT2D eigenvalue weighted by atomic mass is 32.1. The summed E-state index contributed by atoms with van der Waals surface area (Å²) < 4.78 is 0. The largest absolute Gasteiger partial charge is 0.481 e. The van der Waals surface area contributed by atoms with E-state index in [9.17, 15) is 14.7 Å². The van der Waals surface area contributed by atoms with E-state index in [1.807, 2.05) is 11.4 Å². The number of carboxylic acid groups (broad SMARTS) is 1. The van der Waals surface area contributed by atoms with Gasteiger partial charge in [-0.2, -0.15) is 11.3 Å². The molecule has 21 heavy (non-hydrogen) atoms. The molecule has 5 nitrogen and oxygen atoms in total. The molecule has 1 aliphatic rings. The highest BCUT2D eigenvalue weighted by Crippen LogP contribution is 2.23. The summed E-state index contributed by atoms with van der Waals surface area (Å²) in [5.74, 6) is -1.27. The van der Waals surface area contributed by atoms with Crippen molar-refractivity contribution in [2.75, 3.05) is 6.54 Å². The number of thiophene rings is 1. The number of hydrogen-bond acceptors (Lipinski definition) is 3. The van der Waals surface area contributed by atoms with Crippen molar-refractivity contribution in [3.63, 3.8) is 0 Å². The van der Waals surface area contributed by atoms with Crippen LogP contribution in [0.4, 0.5) is 4.79 Å². The molecule has 2 atom stereocenters. The molecule has 0 radical (unpaired) electrons. The number of hydrogen-bond donors (Lipinski definition) is 3. The molecule has 2 amide bonds. The summed E-state index contributed by atoms with van der Waals surface area (Å²) in [6, 6.07) is 1.52. The fourth-order valence-corrected chi connectivity index (χ4v) is 3.45. The average Bonchev–Trinajstić information content (AvgIpc) is 2.84. The van der Waals surface area contributed by atoms with Crippen molar-refractivity contribution in [2.24, 2.45) is 5.92 Å². The monoisotopic (exact) mass is 310 g/mol. The highest BCUT2D eigenvalue weighted by Gasteiger charge is 2.30. The van der Waals surface area contributed by atoms with Gasteiger partial charge in [0.2, 0.25) is 0 Å². The van der Waals surface area contributed by atoms with E-state index in [-0.39, 0.29) is 12.1 Å². The van der Waals surface area contributed by atoms with Gasteiger partial charge >= 0.3 is 12.0 Å². The Morgan fingerprint density at radius 2 is 2.10 bits per heavy atom. The van der Waals surface area contributed by atoms with Crippen molar-refractivity contribution in [1.82, 2.24) is 10.6 Å². The van der Waals surface area contributed by atoms with Crippen molar-refractivity contribution in [3.05, 3.63) is 22.4 Å². The van der Waals surface area contributed by atoms with Gasteiger partial charge in [-0.1, -0.05) is 19.3 Å². The van der Waals surface area contributed by atoms with Gasteiger partial charge in [-0.25, -0.2) is 4.79 Å². The Bertz CT molecular complexity index is 461. The van der Waals surface area contributed by atoms with Crippen LogP contribution in [0.5, 0.6) is 0 Å². The molecule has 0 aliphatic heterocycles. The second-order valence-electron chi connectivity index (χ2n) is 5.47. The topological polar surface area (TPSA) is 78.4 Å². The standard InChI is InChI=1S/C15H22N2O3S/c18-14(19)12-4-2-1-3-5-13(12)17-15(20)16-8-6-11-7-9-21-10-11/h7,9-10,12-13H,1-6,8H2,(H,18,19)(H2,16,17,20). The number of nitrogens with one attached hydrogen (secondary N) is 2. The first kappa shape index (κ1) is 15.8. The number of aliphatic carboxylic acids is 1. The Balaban J connectivity index is 1.77. The Hall–Kier alpha value is -1.56. The van der Waals surface area contributed by atoms with Crippen LogP contribution in [0.3, 0.4) is 0 Å². The molecule has 1 saturated carbocycles. The summed E-state index contributed by atoms with van der Waals surface area (Å²) in [7, 11) is 0. The first-order valence-electron chi connectivity index (χ1n) is 7.45. The molecular formula is C15H22N2O3S. The molecule has 1 heterocycles. The Morgan fingerprint density at radius 1 is 1.29 bits per heavy atom. The minimum atomic E-state index is -0.805. The van der Waals surface area contributed by atoms with Gasteiger partial charge in [0.1, 0.15) is 0 Å². The molecule has 3 N–H and O–H groups in total. The lowest BCUT2D eigenvalue weighted by atomic mass is 9.95. The van der Waals surface area contributed by atoms with Crippen molar-refractivity contribution in [3.8, 4) is 0 Å². The van der Waals surface area contributed by atoms with Crippen molar-refractivity contribution >= 4 is 23.3 Å². The first-order valence-corrected chi connectivity index (χ1v) is 8.39. The second-order valence-corrected chi connectivity index (χ2v) is 6.25. The maximum absolute atomic E-state index is 11.9. The normalized spacial score (nSPS) is 22.3. The molecule has 0 spiro atoms. The van der Waals surface area contributed by atoms with E-state index >= 15 is 0 Å². The van der Waals surface area contributed by atoms with Gasteiger partial charge in [0.05, 0.1) is 5.92 Å². The van der Waals surface area contributed by atoms with Gasteiger partial charge < -0.3 is 15.7 Å². The molecule has 1 aromatic rings. The van der Waals surface area contributed by atoms with E-state index < -0.39 is 11.9 Å².